The molecule has 94 valence electrons. The zero-order valence-electron chi connectivity index (χ0n) is 10.8. The van der Waals surface area contributed by atoms with Gasteiger partial charge in [0.2, 0.25) is 5.91 Å². The summed E-state index contributed by atoms with van der Waals surface area (Å²) in [5, 5.41) is 3.35. The molecule has 1 N–H and O–H groups in total. The Balaban J connectivity index is 2.36. The number of nitrogens with one attached hydrogen (secondary N) is 1. The average Bonchev–Trinajstić information content (AvgIpc) is 2.31. The molecule has 0 atom stereocenters. The lowest BCUT2D eigenvalue weighted by Gasteiger charge is -2.32. The van der Waals surface area contributed by atoms with Crippen molar-refractivity contribution in [2.24, 2.45) is 0 Å². The van der Waals surface area contributed by atoms with Crippen molar-refractivity contribution < 1.29 is 4.79 Å². The normalized spacial score (nSPS) is 17.8. The Hall–Kier alpha value is -0.610. The molecule has 1 aliphatic heterocycles. The number of rotatable bonds is 5. The largest absolute Gasteiger partial charge is 0.342 e. The van der Waals surface area contributed by atoms with Gasteiger partial charge in [-0.25, -0.2) is 0 Å². The molecule has 1 heterocycles. The van der Waals surface area contributed by atoms with E-state index < -0.39 is 0 Å². The lowest BCUT2D eigenvalue weighted by Crippen LogP contribution is -2.46. The van der Waals surface area contributed by atoms with Crippen LogP contribution in [-0.2, 0) is 4.79 Å². The molecular weight excluding hydrogens is 202 g/mol. The SMILES string of the molecule is CCN(CC)C(=O)CN(C)C1CCNCC1. The quantitative estimate of drug-likeness (QED) is 0.744. The first-order valence-electron chi connectivity index (χ1n) is 6.37. The minimum absolute atomic E-state index is 0.256. The molecule has 1 fully saturated rings. The molecule has 0 radical (unpaired) electrons. The summed E-state index contributed by atoms with van der Waals surface area (Å²) in [6.45, 7) is 8.41. The molecule has 4 nitrogen and oxygen atoms in total. The fourth-order valence-corrected chi connectivity index (χ4v) is 2.27. The second kappa shape index (κ2) is 6.86. The number of carbonyl (C=O) groups is 1. The van der Waals surface area contributed by atoms with Gasteiger partial charge in [0.15, 0.2) is 0 Å². The first kappa shape index (κ1) is 13.5. The molecule has 0 bridgehead atoms. The topological polar surface area (TPSA) is 35.6 Å². The van der Waals surface area contributed by atoms with Gasteiger partial charge in [0.1, 0.15) is 0 Å². The number of amides is 1. The molecule has 0 aromatic carbocycles. The van der Waals surface area contributed by atoms with Crippen LogP contribution in [0.5, 0.6) is 0 Å². The number of hydrogen-bond donors (Lipinski definition) is 1. The minimum Gasteiger partial charge on any atom is -0.342 e. The van der Waals surface area contributed by atoms with Gasteiger partial charge < -0.3 is 10.2 Å². The summed E-state index contributed by atoms with van der Waals surface area (Å²) in [4.78, 5) is 16.0. The number of piperidine rings is 1. The number of hydrogen-bond acceptors (Lipinski definition) is 3. The predicted octanol–water partition coefficient (Wildman–Crippen LogP) is 0.539. The van der Waals surface area contributed by atoms with E-state index in [2.05, 4.69) is 17.3 Å². The molecule has 1 amide bonds. The summed E-state index contributed by atoms with van der Waals surface area (Å²) < 4.78 is 0. The van der Waals surface area contributed by atoms with E-state index in [-0.39, 0.29) is 5.91 Å². The van der Waals surface area contributed by atoms with Crippen molar-refractivity contribution >= 4 is 5.91 Å². The van der Waals surface area contributed by atoms with Crippen molar-refractivity contribution in [3.8, 4) is 0 Å². The molecular formula is C12H25N3O. The minimum atomic E-state index is 0.256. The van der Waals surface area contributed by atoms with Crippen LogP contribution in [0.1, 0.15) is 26.7 Å². The summed E-state index contributed by atoms with van der Waals surface area (Å²) in [7, 11) is 2.07. The third-order valence-corrected chi connectivity index (χ3v) is 3.43. The molecule has 4 heteroatoms. The first-order valence-corrected chi connectivity index (χ1v) is 6.37. The number of carbonyl (C=O) groups excluding carboxylic acids is 1. The lowest BCUT2D eigenvalue weighted by molar-refractivity contribution is -0.132. The lowest BCUT2D eigenvalue weighted by atomic mass is 10.1. The summed E-state index contributed by atoms with van der Waals surface area (Å²) in [6, 6.07) is 0.570. The van der Waals surface area contributed by atoms with Crippen LogP contribution >= 0.6 is 0 Å². The van der Waals surface area contributed by atoms with E-state index >= 15 is 0 Å². The Morgan fingerprint density at radius 3 is 2.31 bits per heavy atom. The van der Waals surface area contributed by atoms with Gasteiger partial charge in [-0.2, -0.15) is 0 Å². The summed E-state index contributed by atoms with van der Waals surface area (Å²) in [5.41, 5.74) is 0. The third-order valence-electron chi connectivity index (χ3n) is 3.43. The van der Waals surface area contributed by atoms with Crippen LogP contribution in [0, 0.1) is 0 Å². The molecule has 0 unspecified atom stereocenters. The van der Waals surface area contributed by atoms with Gasteiger partial charge in [0, 0.05) is 19.1 Å². The molecule has 16 heavy (non-hydrogen) atoms. The highest BCUT2D eigenvalue weighted by molar-refractivity contribution is 5.78. The number of nitrogens with zero attached hydrogens (tertiary/aromatic N) is 2. The standard InChI is InChI=1S/C12H25N3O/c1-4-15(5-2)12(16)10-14(3)11-6-8-13-9-7-11/h11,13H,4-10H2,1-3H3. The highest BCUT2D eigenvalue weighted by Crippen LogP contribution is 2.09. The van der Waals surface area contributed by atoms with Gasteiger partial charge in [-0.1, -0.05) is 0 Å². The zero-order valence-corrected chi connectivity index (χ0v) is 10.8. The Morgan fingerprint density at radius 1 is 1.25 bits per heavy atom. The molecule has 1 saturated heterocycles. The zero-order chi connectivity index (χ0) is 12.0. The van der Waals surface area contributed by atoms with E-state index in [1.165, 1.54) is 0 Å². The van der Waals surface area contributed by atoms with Crippen molar-refractivity contribution in [2.75, 3.05) is 39.8 Å². The fourth-order valence-electron chi connectivity index (χ4n) is 2.27. The summed E-state index contributed by atoms with van der Waals surface area (Å²) in [5.74, 6) is 0.256. The van der Waals surface area contributed by atoms with Crippen LogP contribution in [0.4, 0.5) is 0 Å². The van der Waals surface area contributed by atoms with E-state index in [0.29, 0.717) is 12.6 Å². The molecule has 1 rings (SSSR count). The van der Waals surface area contributed by atoms with Crippen molar-refractivity contribution in [3.63, 3.8) is 0 Å². The van der Waals surface area contributed by atoms with Gasteiger partial charge in [0.25, 0.3) is 0 Å². The van der Waals surface area contributed by atoms with Crippen molar-refractivity contribution in [1.82, 2.24) is 15.1 Å². The highest BCUT2D eigenvalue weighted by Gasteiger charge is 2.21. The average molecular weight is 227 g/mol. The molecule has 1 aliphatic rings. The molecule has 0 saturated carbocycles. The van der Waals surface area contributed by atoms with E-state index in [9.17, 15) is 4.79 Å². The first-order chi connectivity index (χ1) is 7.69. The Kier molecular flexibility index (Phi) is 5.77. The fraction of sp³-hybridized carbons (Fsp3) is 0.917. The maximum absolute atomic E-state index is 11.9. The Labute approximate surface area is 99.0 Å². The molecule has 0 aliphatic carbocycles. The van der Waals surface area contributed by atoms with Gasteiger partial charge >= 0.3 is 0 Å². The predicted molar refractivity (Wildman–Crippen MR) is 66.4 cm³/mol. The van der Waals surface area contributed by atoms with Crippen LogP contribution in [0.15, 0.2) is 0 Å². The molecule has 0 aromatic rings. The second-order valence-electron chi connectivity index (χ2n) is 4.46. The van der Waals surface area contributed by atoms with Crippen molar-refractivity contribution in [3.05, 3.63) is 0 Å². The van der Waals surface area contributed by atoms with Crippen molar-refractivity contribution in [1.29, 1.82) is 0 Å². The molecule has 0 aromatic heterocycles. The highest BCUT2D eigenvalue weighted by atomic mass is 16.2. The van der Waals surface area contributed by atoms with E-state index in [4.69, 9.17) is 0 Å². The summed E-state index contributed by atoms with van der Waals surface area (Å²) >= 11 is 0. The van der Waals surface area contributed by atoms with Crippen LogP contribution in [0.25, 0.3) is 0 Å². The van der Waals surface area contributed by atoms with E-state index in [1.807, 2.05) is 18.7 Å². The van der Waals surface area contributed by atoms with Gasteiger partial charge in [-0.05, 0) is 46.8 Å². The van der Waals surface area contributed by atoms with Crippen LogP contribution in [-0.4, -0.2) is 61.5 Å². The Morgan fingerprint density at radius 2 is 1.81 bits per heavy atom. The van der Waals surface area contributed by atoms with Gasteiger partial charge in [0.05, 0.1) is 6.54 Å². The van der Waals surface area contributed by atoms with Crippen LogP contribution < -0.4 is 5.32 Å². The second-order valence-corrected chi connectivity index (χ2v) is 4.46. The smallest absolute Gasteiger partial charge is 0.236 e. The van der Waals surface area contributed by atoms with E-state index in [0.717, 1.165) is 39.0 Å². The van der Waals surface area contributed by atoms with Crippen LogP contribution in [0.2, 0.25) is 0 Å². The maximum atomic E-state index is 11.9. The van der Waals surface area contributed by atoms with Gasteiger partial charge in [-0.15, -0.1) is 0 Å². The van der Waals surface area contributed by atoms with Gasteiger partial charge in [-0.3, -0.25) is 9.69 Å². The van der Waals surface area contributed by atoms with E-state index in [1.54, 1.807) is 0 Å². The van der Waals surface area contributed by atoms with Crippen molar-refractivity contribution in [2.45, 2.75) is 32.7 Å². The monoisotopic (exact) mass is 227 g/mol. The van der Waals surface area contributed by atoms with Crippen LogP contribution in [0.3, 0.4) is 0 Å². The number of likely N-dealkylation sites (N-methyl/N-ethyl adjacent to an activating group) is 2. The summed E-state index contributed by atoms with van der Waals surface area (Å²) in [6.07, 6.45) is 2.31. The maximum Gasteiger partial charge on any atom is 0.236 e. The third kappa shape index (κ3) is 3.76. The molecule has 0 spiro atoms. The Bertz CT molecular complexity index is 210.